The molecule has 0 fully saturated rings. The largest absolute Gasteiger partial charge is 0.450 e. The third-order valence-electron chi connectivity index (χ3n) is 6.26. The molecule has 7 nitrogen and oxygen atoms in total. The summed E-state index contributed by atoms with van der Waals surface area (Å²) in [5.74, 6) is -4.07. The molecule has 0 unspecified atom stereocenters. The number of fused-ring (bicyclic) bond motifs is 1. The maximum absolute atomic E-state index is 14.1. The monoisotopic (exact) mass is 618 g/mol. The van der Waals surface area contributed by atoms with Crippen LogP contribution >= 0.6 is 11.6 Å². The molecule has 2 aliphatic rings. The average molecular weight is 619 g/mol. The second-order valence-electron chi connectivity index (χ2n) is 9.16. The maximum atomic E-state index is 14.1. The van der Waals surface area contributed by atoms with Crippen molar-refractivity contribution in [2.45, 2.75) is 24.5 Å². The number of ether oxygens (including phenoxy) is 1. The molecule has 0 aliphatic carbocycles. The highest BCUT2D eigenvalue weighted by Gasteiger charge is 2.45. The minimum absolute atomic E-state index is 0.00120. The summed E-state index contributed by atoms with van der Waals surface area (Å²) in [5.41, 5.74) is -2.62. The summed E-state index contributed by atoms with van der Waals surface area (Å²) in [7, 11) is 0. The number of nitrogens with one attached hydrogen (secondary N) is 3. The van der Waals surface area contributed by atoms with Crippen LogP contribution in [0.3, 0.4) is 0 Å². The minimum atomic E-state index is -4.98. The van der Waals surface area contributed by atoms with Crippen molar-refractivity contribution in [1.29, 1.82) is 0 Å². The maximum Gasteiger partial charge on any atom is 0.427 e. The van der Waals surface area contributed by atoms with Crippen LogP contribution in [-0.2, 0) is 10.9 Å². The molecule has 220 valence electrons. The van der Waals surface area contributed by atoms with Crippen LogP contribution in [0.25, 0.3) is 0 Å². The molecule has 0 saturated heterocycles. The molecule has 0 saturated carbocycles. The van der Waals surface area contributed by atoms with E-state index in [0.29, 0.717) is 12.1 Å². The molecule has 16 heteroatoms. The lowest BCUT2D eigenvalue weighted by molar-refractivity contribution is -0.190. The topological polar surface area (TPSA) is 91.8 Å². The van der Waals surface area contributed by atoms with Gasteiger partial charge in [-0.05, 0) is 48.5 Å². The molecule has 0 bridgehead atoms. The molecule has 2 heterocycles. The second-order valence-corrected chi connectivity index (χ2v) is 9.56. The van der Waals surface area contributed by atoms with Crippen molar-refractivity contribution >= 4 is 40.8 Å². The van der Waals surface area contributed by atoms with Crippen molar-refractivity contribution in [3.8, 4) is 0 Å². The lowest BCUT2D eigenvalue weighted by Gasteiger charge is -2.20. The smallest absolute Gasteiger partial charge is 0.427 e. The number of amidine groups is 1. The van der Waals surface area contributed by atoms with Crippen LogP contribution in [0.2, 0.25) is 5.02 Å². The van der Waals surface area contributed by atoms with Crippen molar-refractivity contribution in [3.05, 3.63) is 93.0 Å². The summed E-state index contributed by atoms with van der Waals surface area (Å²) in [4.78, 5) is 29.6. The number of anilines is 2. The summed E-state index contributed by atoms with van der Waals surface area (Å²) in [6, 6.07) is 5.02. The number of halogens is 9. The fourth-order valence-electron chi connectivity index (χ4n) is 4.39. The number of hydrogen-bond donors (Lipinski definition) is 3. The number of aliphatic imine (C=N–C) groups is 1. The van der Waals surface area contributed by atoms with E-state index in [0.717, 1.165) is 18.2 Å². The molecule has 5 rings (SSSR count). The first-order valence-corrected chi connectivity index (χ1v) is 12.2. The van der Waals surface area contributed by atoms with Gasteiger partial charge >= 0.3 is 12.4 Å². The SMILES string of the molecule is O=C(Nc1cc(NC2=NC[C@@H](C(F)(F)F)O2)cc2c1[C@@H](c1cc(F)ccc1Cl)NC2=O)c1cc(F)cc(C(F)(F)F)c1. The molecule has 2 atom stereocenters. The van der Waals surface area contributed by atoms with Gasteiger partial charge in [0, 0.05) is 38.7 Å². The third kappa shape index (κ3) is 5.82. The van der Waals surface area contributed by atoms with Crippen LogP contribution in [0.15, 0.2) is 53.5 Å². The molecule has 0 aromatic heterocycles. The Labute approximate surface area is 235 Å². The zero-order valence-electron chi connectivity index (χ0n) is 20.6. The highest BCUT2D eigenvalue weighted by molar-refractivity contribution is 6.31. The summed E-state index contributed by atoms with van der Waals surface area (Å²) in [5, 5.41) is 7.35. The van der Waals surface area contributed by atoms with Crippen molar-refractivity contribution in [2.24, 2.45) is 4.99 Å². The van der Waals surface area contributed by atoms with Gasteiger partial charge in [-0.2, -0.15) is 26.3 Å². The van der Waals surface area contributed by atoms with Crippen LogP contribution < -0.4 is 16.0 Å². The van der Waals surface area contributed by atoms with Crippen LogP contribution in [0.4, 0.5) is 46.5 Å². The Morgan fingerprint density at radius 3 is 2.40 bits per heavy atom. The molecule has 2 amide bonds. The van der Waals surface area contributed by atoms with Gasteiger partial charge in [0.05, 0.1) is 18.2 Å². The molecular formula is C26H15ClF8N4O3. The van der Waals surface area contributed by atoms with Crippen LogP contribution in [-0.4, -0.2) is 36.7 Å². The van der Waals surface area contributed by atoms with Crippen molar-refractivity contribution in [1.82, 2.24) is 5.32 Å². The molecular weight excluding hydrogens is 604 g/mol. The number of carbonyl (C=O) groups is 2. The number of benzene rings is 3. The first-order chi connectivity index (χ1) is 19.6. The van der Waals surface area contributed by atoms with E-state index in [-0.39, 0.29) is 39.2 Å². The third-order valence-corrected chi connectivity index (χ3v) is 6.61. The van der Waals surface area contributed by atoms with Gasteiger partial charge in [-0.15, -0.1) is 0 Å². The number of alkyl halides is 6. The Morgan fingerprint density at radius 2 is 1.74 bits per heavy atom. The molecule has 0 spiro atoms. The van der Waals surface area contributed by atoms with E-state index in [1.807, 2.05) is 0 Å². The first-order valence-electron chi connectivity index (χ1n) is 11.8. The normalized spacial score (nSPS) is 18.2. The zero-order chi connectivity index (χ0) is 30.6. The average Bonchev–Trinajstić information content (AvgIpc) is 3.49. The summed E-state index contributed by atoms with van der Waals surface area (Å²) < 4.78 is 112. The number of amides is 2. The van der Waals surface area contributed by atoms with Crippen LogP contribution in [0.1, 0.15) is 43.4 Å². The van der Waals surface area contributed by atoms with Gasteiger partial charge in [-0.3, -0.25) is 9.59 Å². The van der Waals surface area contributed by atoms with Crippen molar-refractivity contribution in [2.75, 3.05) is 17.2 Å². The molecule has 42 heavy (non-hydrogen) atoms. The van der Waals surface area contributed by atoms with E-state index in [1.54, 1.807) is 0 Å². The molecule has 3 aromatic rings. The van der Waals surface area contributed by atoms with E-state index in [2.05, 4.69) is 20.9 Å². The standard InChI is InChI=1S/C26H15ClF8N4O3/c27-17-2-1-12(28)6-15(17)21-20-16(23(41)39-21)7-14(37-24-36-9-19(42-24)26(33,34)35)8-18(20)38-22(40)10-3-11(25(30,31)32)5-13(29)4-10/h1-8,19,21H,9H2,(H,36,37)(H,38,40)(H,39,41)/t19-,21+/m0/s1. The summed E-state index contributed by atoms with van der Waals surface area (Å²) >= 11 is 6.23. The van der Waals surface area contributed by atoms with Gasteiger partial charge in [0.1, 0.15) is 11.6 Å². The molecule has 0 radical (unpaired) electrons. The lowest BCUT2D eigenvalue weighted by Crippen LogP contribution is -2.33. The molecule has 2 aliphatic heterocycles. The summed E-state index contributed by atoms with van der Waals surface area (Å²) in [6.07, 6.45) is -11.9. The van der Waals surface area contributed by atoms with Gasteiger partial charge in [0.25, 0.3) is 17.8 Å². The van der Waals surface area contributed by atoms with E-state index in [4.69, 9.17) is 16.3 Å². The Kier molecular flexibility index (Phi) is 7.25. The highest BCUT2D eigenvalue weighted by Crippen LogP contribution is 2.41. The van der Waals surface area contributed by atoms with Crippen LogP contribution in [0.5, 0.6) is 0 Å². The van der Waals surface area contributed by atoms with Gasteiger partial charge in [0.15, 0.2) is 0 Å². The number of hydrogen-bond acceptors (Lipinski definition) is 5. The predicted molar refractivity (Wildman–Crippen MR) is 133 cm³/mol. The summed E-state index contributed by atoms with van der Waals surface area (Å²) in [6.45, 7) is -0.748. The second kappa shape index (κ2) is 10.5. The molecule has 3 aromatic carbocycles. The number of carbonyl (C=O) groups excluding carboxylic acids is 2. The van der Waals surface area contributed by atoms with E-state index >= 15 is 0 Å². The lowest BCUT2D eigenvalue weighted by atomic mass is 9.95. The van der Waals surface area contributed by atoms with E-state index < -0.39 is 71.6 Å². The zero-order valence-corrected chi connectivity index (χ0v) is 21.3. The minimum Gasteiger partial charge on any atom is -0.450 e. The van der Waals surface area contributed by atoms with Gasteiger partial charge in [-0.1, -0.05) is 11.6 Å². The Morgan fingerprint density at radius 1 is 1.00 bits per heavy atom. The molecule has 3 N–H and O–H groups in total. The first kappa shape index (κ1) is 29.1. The van der Waals surface area contributed by atoms with Crippen LogP contribution in [0, 0.1) is 11.6 Å². The predicted octanol–water partition coefficient (Wildman–Crippen LogP) is 6.45. The van der Waals surface area contributed by atoms with Crippen molar-refractivity contribution < 1.29 is 49.4 Å². The quantitative estimate of drug-likeness (QED) is 0.293. The highest BCUT2D eigenvalue weighted by atomic mass is 35.5. The Bertz CT molecular complexity index is 1640. The van der Waals surface area contributed by atoms with Crippen molar-refractivity contribution in [3.63, 3.8) is 0 Å². The van der Waals surface area contributed by atoms with E-state index in [9.17, 15) is 44.7 Å². The Hall–Kier alpha value is -4.40. The van der Waals surface area contributed by atoms with E-state index in [1.165, 1.54) is 12.1 Å². The fourth-order valence-corrected chi connectivity index (χ4v) is 4.62. The van der Waals surface area contributed by atoms with Gasteiger partial charge < -0.3 is 20.7 Å². The van der Waals surface area contributed by atoms with Gasteiger partial charge in [0.2, 0.25) is 6.10 Å². The number of rotatable bonds is 4. The fraction of sp³-hybridized carbons (Fsp3) is 0.192. The Balaban J connectivity index is 1.57. The number of nitrogens with zero attached hydrogens (tertiary/aromatic N) is 1. The van der Waals surface area contributed by atoms with Gasteiger partial charge in [-0.25, -0.2) is 13.8 Å².